The molecule has 1 fully saturated rings. The third kappa shape index (κ3) is 3.66. The van der Waals surface area contributed by atoms with Crippen molar-refractivity contribution in [1.29, 1.82) is 0 Å². The molecule has 0 aliphatic carbocycles. The highest BCUT2D eigenvalue weighted by Gasteiger charge is 2.32. The number of unbranched alkanes of at least 4 members (excludes halogenated alkanes) is 1. The predicted octanol–water partition coefficient (Wildman–Crippen LogP) is 0.615. The van der Waals surface area contributed by atoms with Crippen molar-refractivity contribution in [3.05, 3.63) is 0 Å². The smallest absolute Gasteiger partial charge is 0.317 e. The van der Waals surface area contributed by atoms with Crippen molar-refractivity contribution in [3.8, 4) is 0 Å². The van der Waals surface area contributed by atoms with Crippen LogP contribution < -0.4 is 5.32 Å². The largest absolute Gasteiger partial charge is 0.338 e. The molecule has 1 heterocycles. The minimum atomic E-state index is -2.92. The van der Waals surface area contributed by atoms with Crippen LogP contribution >= 0.6 is 0 Å². The highest BCUT2D eigenvalue weighted by Crippen LogP contribution is 2.16. The Morgan fingerprint density at radius 2 is 2.19 bits per heavy atom. The lowest BCUT2D eigenvalue weighted by atomic mass is 10.2. The predicted molar refractivity (Wildman–Crippen MR) is 63.1 cm³/mol. The summed E-state index contributed by atoms with van der Waals surface area (Å²) in [5.74, 6) is 0.301. The number of amides is 2. The van der Waals surface area contributed by atoms with Gasteiger partial charge in [-0.05, 0) is 12.8 Å². The summed E-state index contributed by atoms with van der Waals surface area (Å²) in [6, 6.07) is -0.331. The Kier molecular flexibility index (Phi) is 4.58. The maximum absolute atomic E-state index is 11.6. The van der Waals surface area contributed by atoms with Crippen molar-refractivity contribution < 1.29 is 13.2 Å². The molecular formula is C10H20N2O3S. The second kappa shape index (κ2) is 5.52. The molecule has 0 bridgehead atoms. The fourth-order valence-corrected chi connectivity index (χ4v) is 3.52. The highest BCUT2D eigenvalue weighted by molar-refractivity contribution is 7.91. The van der Waals surface area contributed by atoms with E-state index < -0.39 is 9.84 Å². The molecule has 1 atom stereocenters. The molecule has 5 nitrogen and oxygen atoms in total. The van der Waals surface area contributed by atoms with Crippen molar-refractivity contribution in [2.75, 3.05) is 25.1 Å². The maximum Gasteiger partial charge on any atom is 0.317 e. The number of hydrogen-bond acceptors (Lipinski definition) is 3. The van der Waals surface area contributed by atoms with Crippen LogP contribution in [0.3, 0.4) is 0 Å². The molecule has 1 N–H and O–H groups in total. The van der Waals surface area contributed by atoms with E-state index in [9.17, 15) is 13.2 Å². The quantitative estimate of drug-likeness (QED) is 0.741. The summed E-state index contributed by atoms with van der Waals surface area (Å²) in [6.07, 6.45) is 2.53. The molecule has 1 rings (SSSR count). The highest BCUT2D eigenvalue weighted by atomic mass is 32.2. The lowest BCUT2D eigenvalue weighted by molar-refractivity contribution is 0.195. The first-order valence-corrected chi connectivity index (χ1v) is 7.49. The number of carbonyl (C=O) groups is 1. The van der Waals surface area contributed by atoms with Gasteiger partial charge in [-0.25, -0.2) is 13.2 Å². The van der Waals surface area contributed by atoms with Gasteiger partial charge in [0.25, 0.3) is 0 Å². The zero-order chi connectivity index (χ0) is 12.2. The standard InChI is InChI=1S/C10H20N2O3S/c1-3-4-6-11-10(13)12(2)9-5-7-16(14,15)8-9/h9H,3-8H2,1-2H3,(H,11,13). The zero-order valence-corrected chi connectivity index (χ0v) is 10.7. The fraction of sp³-hybridized carbons (Fsp3) is 0.900. The molecule has 1 aliphatic rings. The SMILES string of the molecule is CCCCNC(=O)N(C)C1CCS(=O)(=O)C1. The number of nitrogens with zero attached hydrogens (tertiary/aromatic N) is 1. The Morgan fingerprint density at radius 3 is 2.69 bits per heavy atom. The van der Waals surface area contributed by atoms with Crippen LogP contribution in [0.2, 0.25) is 0 Å². The van der Waals surface area contributed by atoms with Crippen molar-refractivity contribution in [1.82, 2.24) is 10.2 Å². The van der Waals surface area contributed by atoms with Crippen molar-refractivity contribution in [2.45, 2.75) is 32.2 Å². The molecule has 16 heavy (non-hydrogen) atoms. The van der Waals surface area contributed by atoms with Gasteiger partial charge in [-0.15, -0.1) is 0 Å². The van der Waals surface area contributed by atoms with Gasteiger partial charge in [-0.2, -0.15) is 0 Å². The monoisotopic (exact) mass is 248 g/mol. The lowest BCUT2D eigenvalue weighted by Gasteiger charge is -2.23. The second-order valence-corrected chi connectivity index (χ2v) is 6.48. The molecule has 0 aromatic heterocycles. The summed E-state index contributed by atoms with van der Waals surface area (Å²) in [6.45, 7) is 2.71. The van der Waals surface area contributed by atoms with Gasteiger partial charge in [0.05, 0.1) is 11.5 Å². The topological polar surface area (TPSA) is 66.5 Å². The third-order valence-corrected chi connectivity index (χ3v) is 4.63. The van der Waals surface area contributed by atoms with E-state index in [1.807, 2.05) is 0 Å². The molecule has 0 saturated carbocycles. The van der Waals surface area contributed by atoms with Gasteiger partial charge in [0.1, 0.15) is 0 Å². The van der Waals surface area contributed by atoms with Crippen molar-refractivity contribution in [2.24, 2.45) is 0 Å². The summed E-state index contributed by atoms with van der Waals surface area (Å²) >= 11 is 0. The summed E-state index contributed by atoms with van der Waals surface area (Å²) in [5, 5.41) is 2.78. The van der Waals surface area contributed by atoms with E-state index in [1.54, 1.807) is 7.05 Å². The Labute approximate surface area is 97.1 Å². The maximum atomic E-state index is 11.6. The van der Waals surface area contributed by atoms with Gasteiger partial charge in [-0.1, -0.05) is 13.3 Å². The zero-order valence-electron chi connectivity index (χ0n) is 9.90. The molecule has 2 amide bonds. The van der Waals surface area contributed by atoms with E-state index in [2.05, 4.69) is 12.2 Å². The minimum Gasteiger partial charge on any atom is -0.338 e. The van der Waals surface area contributed by atoms with Crippen LogP contribution in [0.5, 0.6) is 0 Å². The molecule has 0 aromatic rings. The van der Waals surface area contributed by atoms with Crippen molar-refractivity contribution in [3.63, 3.8) is 0 Å². The molecule has 1 saturated heterocycles. The third-order valence-electron chi connectivity index (χ3n) is 2.88. The minimum absolute atomic E-state index is 0.102. The number of urea groups is 1. The summed E-state index contributed by atoms with van der Waals surface area (Å²) in [4.78, 5) is 13.1. The normalized spacial score (nSPS) is 23.0. The van der Waals surface area contributed by atoms with Gasteiger partial charge in [0.15, 0.2) is 9.84 Å². The van der Waals surface area contributed by atoms with E-state index in [1.165, 1.54) is 4.90 Å². The number of rotatable bonds is 4. The van der Waals surface area contributed by atoms with E-state index in [0.29, 0.717) is 13.0 Å². The van der Waals surface area contributed by atoms with Crippen LogP contribution in [0.1, 0.15) is 26.2 Å². The molecule has 0 aromatic carbocycles. The molecule has 1 aliphatic heterocycles. The Morgan fingerprint density at radius 1 is 1.50 bits per heavy atom. The average Bonchev–Trinajstić information content (AvgIpc) is 2.58. The molecule has 94 valence electrons. The van der Waals surface area contributed by atoms with Gasteiger partial charge in [0.2, 0.25) is 0 Å². The number of carbonyl (C=O) groups excluding carboxylic acids is 1. The van der Waals surface area contributed by atoms with E-state index in [0.717, 1.165) is 12.8 Å². The van der Waals surface area contributed by atoms with Gasteiger partial charge < -0.3 is 10.2 Å². The van der Waals surface area contributed by atoms with E-state index in [-0.39, 0.29) is 23.6 Å². The van der Waals surface area contributed by atoms with Crippen LogP contribution in [-0.2, 0) is 9.84 Å². The lowest BCUT2D eigenvalue weighted by Crippen LogP contribution is -2.44. The number of nitrogens with one attached hydrogen (secondary N) is 1. The fourth-order valence-electron chi connectivity index (χ4n) is 1.74. The Hall–Kier alpha value is -0.780. The van der Waals surface area contributed by atoms with E-state index in [4.69, 9.17) is 0 Å². The van der Waals surface area contributed by atoms with Crippen LogP contribution in [0, 0.1) is 0 Å². The summed E-state index contributed by atoms with van der Waals surface area (Å²) < 4.78 is 22.5. The molecule has 6 heteroatoms. The van der Waals surface area contributed by atoms with Crippen LogP contribution in [-0.4, -0.2) is 50.5 Å². The molecule has 1 unspecified atom stereocenters. The molecule has 0 spiro atoms. The van der Waals surface area contributed by atoms with Gasteiger partial charge >= 0.3 is 6.03 Å². The summed E-state index contributed by atoms with van der Waals surface area (Å²) in [5.41, 5.74) is 0. The van der Waals surface area contributed by atoms with Crippen molar-refractivity contribution >= 4 is 15.9 Å². The second-order valence-electron chi connectivity index (χ2n) is 4.25. The molecule has 0 radical (unpaired) electrons. The number of sulfone groups is 1. The first-order valence-electron chi connectivity index (χ1n) is 5.67. The van der Waals surface area contributed by atoms with Gasteiger partial charge in [-0.3, -0.25) is 0 Å². The first-order chi connectivity index (χ1) is 7.46. The Balaban J connectivity index is 2.40. The number of hydrogen-bond donors (Lipinski definition) is 1. The first kappa shape index (κ1) is 13.3. The summed E-state index contributed by atoms with van der Waals surface area (Å²) in [7, 11) is -1.26. The van der Waals surface area contributed by atoms with Crippen LogP contribution in [0.15, 0.2) is 0 Å². The van der Waals surface area contributed by atoms with E-state index >= 15 is 0 Å². The van der Waals surface area contributed by atoms with Gasteiger partial charge in [0, 0.05) is 19.6 Å². The van der Waals surface area contributed by atoms with Crippen LogP contribution in [0.25, 0.3) is 0 Å². The van der Waals surface area contributed by atoms with Crippen LogP contribution in [0.4, 0.5) is 4.79 Å². The average molecular weight is 248 g/mol. The Bertz CT molecular complexity index is 340. The molecular weight excluding hydrogens is 228 g/mol.